The molecular weight excluding hydrogens is 442 g/mol. The van der Waals surface area contributed by atoms with Crippen molar-refractivity contribution in [3.8, 4) is 5.75 Å². The molecule has 164 valence electrons. The smallest absolute Gasteiger partial charge is 0.343 e. The number of hydrogen-bond donors (Lipinski definition) is 3. The van der Waals surface area contributed by atoms with Crippen LogP contribution in [0.25, 0.3) is 0 Å². The van der Waals surface area contributed by atoms with Gasteiger partial charge in [0.25, 0.3) is 5.91 Å². The van der Waals surface area contributed by atoms with Gasteiger partial charge in [0.2, 0.25) is 5.95 Å². The van der Waals surface area contributed by atoms with Crippen molar-refractivity contribution in [2.24, 2.45) is 0 Å². The van der Waals surface area contributed by atoms with Crippen molar-refractivity contribution in [2.75, 3.05) is 16.4 Å². The number of nitrogen functional groups attached to an aromatic ring is 1. The van der Waals surface area contributed by atoms with Gasteiger partial charge < -0.3 is 21.1 Å². The Morgan fingerprint density at radius 2 is 1.58 bits per heavy atom. The Bertz CT molecular complexity index is 1280. The van der Waals surface area contributed by atoms with Crippen LogP contribution in [0, 0.1) is 0 Å². The van der Waals surface area contributed by atoms with Crippen LogP contribution in [0.1, 0.15) is 20.7 Å². The van der Waals surface area contributed by atoms with E-state index in [-0.39, 0.29) is 5.56 Å². The molecule has 0 bridgehead atoms. The molecule has 0 fully saturated rings. The van der Waals surface area contributed by atoms with Crippen LogP contribution in [0.2, 0.25) is 5.02 Å². The largest absolute Gasteiger partial charge is 0.423 e. The highest BCUT2D eigenvalue weighted by atomic mass is 35.5. The highest BCUT2D eigenvalue weighted by molar-refractivity contribution is 6.34. The molecule has 1 amide bonds. The first-order valence-corrected chi connectivity index (χ1v) is 10.2. The van der Waals surface area contributed by atoms with Crippen LogP contribution in [0.3, 0.4) is 0 Å². The molecule has 0 atom stereocenters. The fraction of sp³-hybridized carbons (Fsp3) is 0. The van der Waals surface area contributed by atoms with E-state index < -0.39 is 11.9 Å². The lowest BCUT2D eigenvalue weighted by molar-refractivity contribution is 0.0734. The Morgan fingerprint density at radius 1 is 0.879 bits per heavy atom. The number of anilines is 4. The van der Waals surface area contributed by atoms with E-state index in [0.29, 0.717) is 39.3 Å². The van der Waals surface area contributed by atoms with Crippen LogP contribution in [-0.4, -0.2) is 21.8 Å². The molecular formula is C24H18ClN5O3. The Morgan fingerprint density at radius 3 is 2.27 bits per heavy atom. The molecule has 8 nitrogen and oxygen atoms in total. The van der Waals surface area contributed by atoms with Crippen LogP contribution in [-0.2, 0) is 0 Å². The predicted molar refractivity (Wildman–Crippen MR) is 127 cm³/mol. The van der Waals surface area contributed by atoms with Crippen molar-refractivity contribution in [3.05, 3.63) is 101 Å². The van der Waals surface area contributed by atoms with Crippen LogP contribution in [0.5, 0.6) is 5.75 Å². The molecule has 4 rings (SSSR count). The monoisotopic (exact) mass is 459 g/mol. The van der Waals surface area contributed by atoms with Gasteiger partial charge >= 0.3 is 5.97 Å². The summed E-state index contributed by atoms with van der Waals surface area (Å²) >= 11 is 6.06. The van der Waals surface area contributed by atoms with E-state index >= 15 is 0 Å². The summed E-state index contributed by atoms with van der Waals surface area (Å²) in [5, 5.41) is 6.00. The number of nitrogens with two attached hydrogens (primary N) is 1. The standard InChI is InChI=1S/C24H18ClN5O3/c25-21-11-6-16(26)12-20(21)22(31)29-18-13-27-24(28-14-18)30-17-7-9-19(10-8-17)33-23(32)15-4-2-1-3-5-15/h1-14H,26H2,(H,29,31)(H,27,28,30). The Balaban J connectivity index is 1.35. The third-order valence-electron chi connectivity index (χ3n) is 4.48. The Labute approximate surface area is 194 Å². The lowest BCUT2D eigenvalue weighted by atomic mass is 10.2. The molecule has 1 heterocycles. The zero-order valence-corrected chi connectivity index (χ0v) is 17.9. The summed E-state index contributed by atoms with van der Waals surface area (Å²) in [5.41, 5.74) is 7.96. The predicted octanol–water partition coefficient (Wildman–Crippen LogP) is 4.93. The lowest BCUT2D eigenvalue weighted by Crippen LogP contribution is -2.13. The molecule has 1 aromatic heterocycles. The number of esters is 1. The fourth-order valence-corrected chi connectivity index (χ4v) is 3.05. The highest BCUT2D eigenvalue weighted by Gasteiger charge is 2.12. The van der Waals surface area contributed by atoms with Crippen LogP contribution in [0.15, 0.2) is 85.2 Å². The fourth-order valence-electron chi connectivity index (χ4n) is 2.85. The number of carbonyl (C=O) groups is 2. The Kier molecular flexibility index (Phi) is 6.47. The first-order chi connectivity index (χ1) is 16.0. The van der Waals surface area contributed by atoms with Crippen LogP contribution >= 0.6 is 11.6 Å². The average Bonchev–Trinajstić information content (AvgIpc) is 2.83. The van der Waals surface area contributed by atoms with E-state index in [0.717, 1.165) is 0 Å². The van der Waals surface area contributed by atoms with Crippen molar-refractivity contribution in [1.29, 1.82) is 0 Å². The van der Waals surface area contributed by atoms with Crippen molar-refractivity contribution >= 4 is 46.5 Å². The number of halogens is 1. The van der Waals surface area contributed by atoms with Gasteiger partial charge in [-0.1, -0.05) is 29.8 Å². The number of aromatic nitrogens is 2. The summed E-state index contributed by atoms with van der Waals surface area (Å²) in [6.07, 6.45) is 2.92. The molecule has 0 saturated heterocycles. The van der Waals surface area contributed by atoms with E-state index in [9.17, 15) is 9.59 Å². The maximum Gasteiger partial charge on any atom is 0.343 e. The van der Waals surface area contributed by atoms with Crippen LogP contribution < -0.4 is 21.1 Å². The SMILES string of the molecule is Nc1ccc(Cl)c(C(=O)Nc2cnc(Nc3ccc(OC(=O)c4ccccc4)cc3)nc2)c1. The summed E-state index contributed by atoms with van der Waals surface area (Å²) in [6, 6.07) is 20.2. The van der Waals surface area contributed by atoms with E-state index in [2.05, 4.69) is 20.6 Å². The van der Waals surface area contributed by atoms with Gasteiger partial charge in [-0.05, 0) is 54.6 Å². The summed E-state index contributed by atoms with van der Waals surface area (Å²) in [7, 11) is 0. The maximum absolute atomic E-state index is 12.4. The summed E-state index contributed by atoms with van der Waals surface area (Å²) in [5.74, 6) is -0.119. The lowest BCUT2D eigenvalue weighted by Gasteiger charge is -2.09. The summed E-state index contributed by atoms with van der Waals surface area (Å²) in [6.45, 7) is 0. The van der Waals surface area contributed by atoms with E-state index in [1.54, 1.807) is 60.7 Å². The van der Waals surface area contributed by atoms with Gasteiger partial charge in [0, 0.05) is 11.4 Å². The number of ether oxygens (including phenoxy) is 1. The quantitative estimate of drug-likeness (QED) is 0.212. The zero-order valence-electron chi connectivity index (χ0n) is 17.2. The number of nitrogens with one attached hydrogen (secondary N) is 2. The number of hydrogen-bond acceptors (Lipinski definition) is 7. The van der Waals surface area contributed by atoms with Gasteiger partial charge in [-0.15, -0.1) is 0 Å². The van der Waals surface area contributed by atoms with Gasteiger partial charge in [-0.3, -0.25) is 4.79 Å². The molecule has 0 unspecified atom stereocenters. The molecule has 4 aromatic rings. The maximum atomic E-state index is 12.4. The number of benzene rings is 3. The van der Waals surface area contributed by atoms with Gasteiger partial charge in [0.1, 0.15) is 5.75 Å². The van der Waals surface area contributed by atoms with Gasteiger partial charge in [-0.2, -0.15) is 0 Å². The summed E-state index contributed by atoms with van der Waals surface area (Å²) in [4.78, 5) is 32.9. The molecule has 0 aliphatic heterocycles. The molecule has 4 N–H and O–H groups in total. The van der Waals surface area contributed by atoms with Crippen molar-refractivity contribution in [1.82, 2.24) is 9.97 Å². The van der Waals surface area contributed by atoms with Crippen molar-refractivity contribution < 1.29 is 14.3 Å². The number of carbonyl (C=O) groups excluding carboxylic acids is 2. The molecule has 33 heavy (non-hydrogen) atoms. The molecule has 0 spiro atoms. The Hall–Kier alpha value is -4.43. The van der Waals surface area contributed by atoms with Crippen molar-refractivity contribution in [3.63, 3.8) is 0 Å². The minimum Gasteiger partial charge on any atom is -0.423 e. The zero-order chi connectivity index (χ0) is 23.2. The molecule has 0 saturated carbocycles. The highest BCUT2D eigenvalue weighted by Crippen LogP contribution is 2.22. The molecule has 0 radical (unpaired) electrons. The third-order valence-corrected chi connectivity index (χ3v) is 4.80. The van der Waals surface area contributed by atoms with Gasteiger partial charge in [0.15, 0.2) is 0 Å². The second-order valence-corrected chi connectivity index (χ2v) is 7.30. The number of rotatable bonds is 6. The first-order valence-electron chi connectivity index (χ1n) is 9.81. The van der Waals surface area contributed by atoms with E-state index in [1.807, 2.05) is 6.07 Å². The molecule has 3 aromatic carbocycles. The third kappa shape index (κ3) is 5.63. The van der Waals surface area contributed by atoms with Gasteiger partial charge in [-0.25, -0.2) is 14.8 Å². The second-order valence-electron chi connectivity index (χ2n) is 6.89. The van der Waals surface area contributed by atoms with Crippen LogP contribution in [0.4, 0.5) is 23.0 Å². The minimum atomic E-state index is -0.434. The molecule has 0 aliphatic rings. The molecule has 0 aliphatic carbocycles. The second kappa shape index (κ2) is 9.80. The summed E-state index contributed by atoms with van der Waals surface area (Å²) < 4.78 is 5.36. The average molecular weight is 460 g/mol. The van der Waals surface area contributed by atoms with Gasteiger partial charge in [0.05, 0.1) is 34.2 Å². The minimum absolute atomic E-state index is 0.256. The molecule has 9 heteroatoms. The van der Waals surface area contributed by atoms with E-state index in [1.165, 1.54) is 18.5 Å². The number of nitrogens with zero attached hydrogens (tertiary/aromatic N) is 2. The number of amides is 1. The van der Waals surface area contributed by atoms with Crippen molar-refractivity contribution in [2.45, 2.75) is 0 Å². The topological polar surface area (TPSA) is 119 Å². The van der Waals surface area contributed by atoms with E-state index in [4.69, 9.17) is 22.1 Å². The normalized spacial score (nSPS) is 10.3. The first kappa shape index (κ1) is 21.8.